The zero-order valence-electron chi connectivity index (χ0n) is 13.3. The number of benzene rings is 1. The molecular weight excluding hydrogens is 384 g/mol. The van der Waals surface area contributed by atoms with E-state index < -0.39 is 47.0 Å². The normalized spacial score (nSPS) is 11.8. The summed E-state index contributed by atoms with van der Waals surface area (Å²) in [4.78, 5) is 22.2. The minimum absolute atomic E-state index is 0.0312. The van der Waals surface area contributed by atoms with Crippen molar-refractivity contribution >= 4 is 21.9 Å². The smallest absolute Gasteiger partial charge is 0.405 e. The topological polar surface area (TPSA) is 102 Å². The maximum Gasteiger partial charge on any atom is 0.405 e. The fourth-order valence-corrected chi connectivity index (χ4v) is 2.68. The first-order chi connectivity index (χ1) is 12.0. The van der Waals surface area contributed by atoms with Gasteiger partial charge in [0.15, 0.2) is 6.61 Å². The highest BCUT2D eigenvalue weighted by atomic mass is 32.2. The number of halogens is 4. The van der Waals surface area contributed by atoms with Crippen molar-refractivity contribution in [3.63, 3.8) is 0 Å². The molecule has 0 radical (unpaired) electrons. The number of alkyl halides is 3. The van der Waals surface area contributed by atoms with Crippen molar-refractivity contribution in [2.24, 2.45) is 0 Å². The molecule has 12 heteroatoms. The van der Waals surface area contributed by atoms with E-state index in [2.05, 4.69) is 9.46 Å². The highest BCUT2D eigenvalue weighted by Gasteiger charge is 2.27. The third kappa shape index (κ3) is 8.76. The minimum atomic E-state index is -4.57. The molecule has 0 atom stereocenters. The molecule has 2 N–H and O–H groups in total. The van der Waals surface area contributed by atoms with Crippen molar-refractivity contribution in [1.82, 2.24) is 10.0 Å². The molecule has 0 aliphatic carbocycles. The van der Waals surface area contributed by atoms with E-state index in [9.17, 15) is 35.6 Å². The van der Waals surface area contributed by atoms with Crippen LogP contribution in [-0.4, -0.2) is 46.2 Å². The second-order valence-corrected chi connectivity index (χ2v) is 6.77. The molecule has 0 unspecified atom stereocenters. The molecule has 1 rings (SSSR count). The van der Waals surface area contributed by atoms with Gasteiger partial charge in [-0.1, -0.05) is 0 Å². The van der Waals surface area contributed by atoms with E-state index in [1.807, 2.05) is 0 Å². The standard InChI is InChI=1S/C14H16F4N2O5S/c15-10-3-5-11(6-4-10)26(23,24)20-7-1-2-13(22)25-8-12(21)19-9-14(16,17)18/h3-6,20H,1-2,7-9H2,(H,19,21). The summed E-state index contributed by atoms with van der Waals surface area (Å²) in [5.41, 5.74) is 0. The summed E-state index contributed by atoms with van der Waals surface area (Å²) in [6.07, 6.45) is -4.79. The van der Waals surface area contributed by atoms with Crippen LogP contribution in [0.25, 0.3) is 0 Å². The van der Waals surface area contributed by atoms with Gasteiger partial charge in [0, 0.05) is 13.0 Å². The molecule has 0 bridgehead atoms. The summed E-state index contributed by atoms with van der Waals surface area (Å²) >= 11 is 0. The Morgan fingerprint density at radius 2 is 1.73 bits per heavy atom. The largest absolute Gasteiger partial charge is 0.456 e. The van der Waals surface area contributed by atoms with Crippen LogP contribution >= 0.6 is 0 Å². The number of sulfonamides is 1. The summed E-state index contributed by atoms with van der Waals surface area (Å²) in [7, 11) is -3.86. The lowest BCUT2D eigenvalue weighted by Crippen LogP contribution is -2.36. The Morgan fingerprint density at radius 1 is 1.12 bits per heavy atom. The lowest BCUT2D eigenvalue weighted by Gasteiger charge is -2.09. The summed E-state index contributed by atoms with van der Waals surface area (Å²) in [6, 6.07) is 4.11. The van der Waals surface area contributed by atoms with Gasteiger partial charge in [-0.3, -0.25) is 9.59 Å². The molecule has 26 heavy (non-hydrogen) atoms. The molecule has 0 saturated heterocycles. The molecule has 1 aromatic rings. The van der Waals surface area contributed by atoms with Crippen molar-refractivity contribution in [1.29, 1.82) is 0 Å². The van der Waals surface area contributed by atoms with Crippen LogP contribution in [0.1, 0.15) is 12.8 Å². The monoisotopic (exact) mass is 400 g/mol. The molecule has 146 valence electrons. The van der Waals surface area contributed by atoms with Gasteiger partial charge < -0.3 is 10.1 Å². The predicted molar refractivity (Wildman–Crippen MR) is 80.8 cm³/mol. The van der Waals surface area contributed by atoms with Gasteiger partial charge >= 0.3 is 12.1 Å². The zero-order chi connectivity index (χ0) is 19.8. The van der Waals surface area contributed by atoms with Crippen molar-refractivity contribution in [3.8, 4) is 0 Å². The van der Waals surface area contributed by atoms with Crippen LogP contribution < -0.4 is 10.0 Å². The number of hydrogen-bond acceptors (Lipinski definition) is 5. The molecule has 0 saturated carbocycles. The van der Waals surface area contributed by atoms with Gasteiger partial charge in [0.2, 0.25) is 10.0 Å². The third-order valence-corrected chi connectivity index (χ3v) is 4.30. The Labute approximate surface area is 146 Å². The Hall–Kier alpha value is -2.21. The molecule has 0 aromatic heterocycles. The van der Waals surface area contributed by atoms with E-state index in [0.29, 0.717) is 0 Å². The van der Waals surface area contributed by atoms with Gasteiger partial charge in [-0.05, 0) is 30.7 Å². The lowest BCUT2D eigenvalue weighted by molar-refractivity contribution is -0.151. The first-order valence-electron chi connectivity index (χ1n) is 7.24. The van der Waals surface area contributed by atoms with E-state index >= 15 is 0 Å². The quantitative estimate of drug-likeness (QED) is 0.367. The van der Waals surface area contributed by atoms with Crippen LogP contribution in [0.15, 0.2) is 29.2 Å². The van der Waals surface area contributed by atoms with Gasteiger partial charge in [-0.15, -0.1) is 0 Å². The van der Waals surface area contributed by atoms with Crippen molar-refractivity contribution in [3.05, 3.63) is 30.1 Å². The Morgan fingerprint density at radius 3 is 2.31 bits per heavy atom. The van der Waals surface area contributed by atoms with E-state index in [0.717, 1.165) is 24.3 Å². The minimum Gasteiger partial charge on any atom is -0.456 e. The van der Waals surface area contributed by atoms with E-state index in [1.54, 1.807) is 0 Å². The lowest BCUT2D eigenvalue weighted by atomic mass is 10.3. The molecule has 1 aromatic carbocycles. The highest BCUT2D eigenvalue weighted by Crippen LogP contribution is 2.12. The van der Waals surface area contributed by atoms with E-state index in [1.165, 1.54) is 5.32 Å². The van der Waals surface area contributed by atoms with E-state index in [4.69, 9.17) is 0 Å². The maximum absolute atomic E-state index is 12.8. The van der Waals surface area contributed by atoms with E-state index in [-0.39, 0.29) is 24.3 Å². The number of rotatable bonds is 9. The van der Waals surface area contributed by atoms with Crippen LogP contribution in [-0.2, 0) is 24.3 Å². The highest BCUT2D eigenvalue weighted by molar-refractivity contribution is 7.89. The maximum atomic E-state index is 12.8. The number of esters is 1. The van der Waals surface area contributed by atoms with Gasteiger partial charge in [0.1, 0.15) is 12.4 Å². The molecule has 1 amide bonds. The van der Waals surface area contributed by atoms with Crippen molar-refractivity contribution in [2.75, 3.05) is 19.7 Å². The molecule has 0 aliphatic rings. The van der Waals surface area contributed by atoms with Crippen LogP contribution in [0.3, 0.4) is 0 Å². The molecule has 0 fully saturated rings. The van der Waals surface area contributed by atoms with Crippen LogP contribution in [0.5, 0.6) is 0 Å². The second-order valence-electron chi connectivity index (χ2n) is 5.01. The zero-order valence-corrected chi connectivity index (χ0v) is 14.1. The Bertz CT molecular complexity index is 720. The number of carbonyl (C=O) groups is 2. The first kappa shape index (κ1) is 21.8. The second kappa shape index (κ2) is 9.48. The Balaban J connectivity index is 2.25. The Kier molecular flexibility index (Phi) is 7.96. The van der Waals surface area contributed by atoms with Crippen LogP contribution in [0.4, 0.5) is 17.6 Å². The fraction of sp³-hybridized carbons (Fsp3) is 0.429. The molecule has 0 spiro atoms. The SMILES string of the molecule is O=C(COC(=O)CCCNS(=O)(=O)c1ccc(F)cc1)NCC(F)(F)F. The van der Waals surface area contributed by atoms with Crippen LogP contribution in [0.2, 0.25) is 0 Å². The molecule has 0 aliphatic heterocycles. The predicted octanol–water partition coefficient (Wildman–Crippen LogP) is 1.11. The summed E-state index contributed by atoms with van der Waals surface area (Å²) < 4.78 is 78.7. The summed E-state index contributed by atoms with van der Waals surface area (Å²) in [5.74, 6) is -2.56. The summed E-state index contributed by atoms with van der Waals surface area (Å²) in [6.45, 7) is -2.53. The number of carbonyl (C=O) groups excluding carboxylic acids is 2. The summed E-state index contributed by atoms with van der Waals surface area (Å²) in [5, 5.41) is 1.53. The first-order valence-corrected chi connectivity index (χ1v) is 8.72. The number of ether oxygens (including phenoxy) is 1. The average Bonchev–Trinajstić information content (AvgIpc) is 2.55. The van der Waals surface area contributed by atoms with Crippen LogP contribution in [0, 0.1) is 5.82 Å². The number of amides is 1. The molecule has 7 nitrogen and oxygen atoms in total. The van der Waals surface area contributed by atoms with Crippen molar-refractivity contribution in [2.45, 2.75) is 23.9 Å². The fourth-order valence-electron chi connectivity index (χ4n) is 1.60. The third-order valence-electron chi connectivity index (χ3n) is 2.82. The average molecular weight is 400 g/mol. The van der Waals surface area contributed by atoms with Crippen molar-refractivity contribution < 1.29 is 40.3 Å². The molecule has 0 heterocycles. The molecular formula is C14H16F4N2O5S. The number of nitrogens with one attached hydrogen (secondary N) is 2. The van der Waals surface area contributed by atoms with Gasteiger partial charge in [0.05, 0.1) is 4.90 Å². The number of hydrogen-bond donors (Lipinski definition) is 2. The van der Waals surface area contributed by atoms with Gasteiger partial charge in [-0.25, -0.2) is 17.5 Å². The van der Waals surface area contributed by atoms with Gasteiger partial charge in [-0.2, -0.15) is 13.2 Å². The van der Waals surface area contributed by atoms with Gasteiger partial charge in [0.25, 0.3) is 5.91 Å².